The number of H-pyrrole nitrogens is 1. The monoisotopic (exact) mass is 425 g/mol. The topological polar surface area (TPSA) is 130 Å². The fourth-order valence-electron chi connectivity index (χ4n) is 3.40. The Morgan fingerprint density at radius 2 is 1.97 bits per heavy atom. The quantitative estimate of drug-likeness (QED) is 0.596. The second-order valence-corrected chi connectivity index (χ2v) is 7.19. The molecule has 1 saturated heterocycles. The lowest BCUT2D eigenvalue weighted by Gasteiger charge is -2.35. The van der Waals surface area contributed by atoms with Gasteiger partial charge in [-0.2, -0.15) is 4.98 Å². The standard InChI is InChI=1S/C20H23N7O4/c1-2-17-23-19(24-31-17)14-3-4-15(21-13-14)25-9-11-26(12-10-25)18(29)6-8-27-7-5-16(28)22-20(27)30/h3-5,7,13H,2,6,8-12H2,1H3,(H,22,28,30). The Morgan fingerprint density at radius 3 is 2.61 bits per heavy atom. The lowest BCUT2D eigenvalue weighted by molar-refractivity contribution is -0.131. The third kappa shape index (κ3) is 4.71. The molecule has 0 spiro atoms. The Kier molecular flexibility index (Phi) is 5.92. The second kappa shape index (κ2) is 8.94. The first-order valence-electron chi connectivity index (χ1n) is 10.1. The number of carbonyl (C=O) groups is 1. The van der Waals surface area contributed by atoms with Gasteiger partial charge in [-0.25, -0.2) is 9.78 Å². The molecule has 1 fully saturated rings. The predicted molar refractivity (Wildman–Crippen MR) is 112 cm³/mol. The van der Waals surface area contributed by atoms with Crippen molar-refractivity contribution in [2.24, 2.45) is 0 Å². The highest BCUT2D eigenvalue weighted by atomic mass is 16.5. The van der Waals surface area contributed by atoms with E-state index in [1.165, 1.54) is 16.8 Å². The molecule has 1 aliphatic rings. The summed E-state index contributed by atoms with van der Waals surface area (Å²) in [7, 11) is 0. The molecule has 0 radical (unpaired) electrons. The second-order valence-electron chi connectivity index (χ2n) is 7.19. The number of nitrogens with zero attached hydrogens (tertiary/aromatic N) is 6. The zero-order chi connectivity index (χ0) is 21.8. The number of nitrogens with one attached hydrogen (secondary N) is 1. The molecular formula is C20H23N7O4. The molecule has 31 heavy (non-hydrogen) atoms. The molecule has 162 valence electrons. The molecule has 11 heteroatoms. The molecule has 0 atom stereocenters. The number of anilines is 1. The van der Waals surface area contributed by atoms with Gasteiger partial charge in [-0.3, -0.25) is 14.6 Å². The number of amides is 1. The fourth-order valence-corrected chi connectivity index (χ4v) is 3.40. The number of hydrogen-bond acceptors (Lipinski definition) is 8. The van der Waals surface area contributed by atoms with E-state index in [0.29, 0.717) is 44.3 Å². The lowest BCUT2D eigenvalue weighted by Crippen LogP contribution is -2.49. The number of pyridine rings is 1. The zero-order valence-corrected chi connectivity index (χ0v) is 17.2. The predicted octanol–water partition coefficient (Wildman–Crippen LogP) is 0.283. The van der Waals surface area contributed by atoms with E-state index in [4.69, 9.17) is 4.52 Å². The first kappa shape index (κ1) is 20.5. The Labute approximate surface area is 177 Å². The van der Waals surface area contributed by atoms with Gasteiger partial charge in [-0.15, -0.1) is 0 Å². The van der Waals surface area contributed by atoms with Crippen molar-refractivity contribution < 1.29 is 9.32 Å². The van der Waals surface area contributed by atoms with Crippen LogP contribution < -0.4 is 16.1 Å². The fraction of sp³-hybridized carbons (Fsp3) is 0.400. The van der Waals surface area contributed by atoms with Gasteiger partial charge in [0.1, 0.15) is 5.82 Å². The van der Waals surface area contributed by atoms with Crippen molar-refractivity contribution in [3.63, 3.8) is 0 Å². The first-order valence-corrected chi connectivity index (χ1v) is 10.1. The van der Waals surface area contributed by atoms with Crippen LogP contribution in [0, 0.1) is 0 Å². The van der Waals surface area contributed by atoms with Crippen LogP contribution in [0.3, 0.4) is 0 Å². The molecule has 11 nitrogen and oxygen atoms in total. The summed E-state index contributed by atoms with van der Waals surface area (Å²) < 4.78 is 6.47. The molecule has 1 N–H and O–H groups in total. The third-order valence-corrected chi connectivity index (χ3v) is 5.20. The maximum atomic E-state index is 12.5. The average molecular weight is 425 g/mol. The van der Waals surface area contributed by atoms with Crippen LogP contribution in [0.5, 0.6) is 0 Å². The number of carbonyl (C=O) groups excluding carboxylic acids is 1. The molecule has 4 rings (SSSR count). The third-order valence-electron chi connectivity index (χ3n) is 5.20. The van der Waals surface area contributed by atoms with Crippen molar-refractivity contribution in [1.29, 1.82) is 0 Å². The minimum atomic E-state index is -0.508. The van der Waals surface area contributed by atoms with Gasteiger partial charge in [-0.1, -0.05) is 12.1 Å². The summed E-state index contributed by atoms with van der Waals surface area (Å²) in [6, 6.07) is 5.09. The Hall–Kier alpha value is -3.76. The summed E-state index contributed by atoms with van der Waals surface area (Å²) in [6.07, 6.45) is 4.00. The van der Waals surface area contributed by atoms with E-state index >= 15 is 0 Å². The minimum absolute atomic E-state index is 0.0232. The molecule has 0 aromatic carbocycles. The smallest absolute Gasteiger partial charge is 0.328 e. The summed E-state index contributed by atoms with van der Waals surface area (Å²) >= 11 is 0. The molecule has 0 saturated carbocycles. The molecule has 3 aromatic rings. The highest BCUT2D eigenvalue weighted by Gasteiger charge is 2.22. The van der Waals surface area contributed by atoms with Crippen LogP contribution in [0.25, 0.3) is 11.4 Å². The molecule has 0 unspecified atom stereocenters. The van der Waals surface area contributed by atoms with Crippen LogP contribution >= 0.6 is 0 Å². The normalized spacial score (nSPS) is 14.1. The number of piperazine rings is 1. The molecule has 1 amide bonds. The van der Waals surface area contributed by atoms with E-state index in [1.807, 2.05) is 19.1 Å². The molecule has 4 heterocycles. The maximum absolute atomic E-state index is 12.5. The Bertz CT molecular complexity index is 1160. The van der Waals surface area contributed by atoms with Gasteiger partial charge in [0, 0.05) is 69.6 Å². The number of rotatable bonds is 6. The molecule has 0 aliphatic carbocycles. The van der Waals surface area contributed by atoms with Gasteiger partial charge < -0.3 is 18.9 Å². The van der Waals surface area contributed by atoms with Crippen molar-refractivity contribution in [3.8, 4) is 11.4 Å². The van der Waals surface area contributed by atoms with Crippen molar-refractivity contribution in [2.75, 3.05) is 31.1 Å². The highest BCUT2D eigenvalue weighted by Crippen LogP contribution is 2.20. The van der Waals surface area contributed by atoms with Gasteiger partial charge in [0.15, 0.2) is 0 Å². The summed E-state index contributed by atoms with van der Waals surface area (Å²) in [5.74, 6) is 1.91. The van der Waals surface area contributed by atoms with Gasteiger partial charge in [0.05, 0.1) is 0 Å². The van der Waals surface area contributed by atoms with Crippen LogP contribution in [-0.2, 0) is 17.8 Å². The van der Waals surface area contributed by atoms with Crippen LogP contribution in [0.4, 0.5) is 5.82 Å². The summed E-state index contributed by atoms with van der Waals surface area (Å²) in [6.45, 7) is 4.67. The van der Waals surface area contributed by atoms with E-state index in [-0.39, 0.29) is 18.9 Å². The Balaban J connectivity index is 1.30. The van der Waals surface area contributed by atoms with Crippen molar-refractivity contribution in [2.45, 2.75) is 26.3 Å². The van der Waals surface area contributed by atoms with E-state index in [9.17, 15) is 14.4 Å². The lowest BCUT2D eigenvalue weighted by atomic mass is 10.2. The van der Waals surface area contributed by atoms with Crippen molar-refractivity contribution >= 4 is 11.7 Å². The van der Waals surface area contributed by atoms with Gasteiger partial charge in [-0.05, 0) is 12.1 Å². The van der Waals surface area contributed by atoms with Crippen LogP contribution in [0.15, 0.2) is 44.7 Å². The first-order chi connectivity index (χ1) is 15.0. The van der Waals surface area contributed by atoms with Gasteiger partial charge >= 0.3 is 5.69 Å². The molecule has 1 aliphatic heterocycles. The van der Waals surface area contributed by atoms with Crippen LogP contribution in [-0.4, -0.2) is 61.7 Å². The van der Waals surface area contributed by atoms with Crippen molar-refractivity contribution in [3.05, 3.63) is 57.3 Å². The van der Waals surface area contributed by atoms with Gasteiger partial charge in [0.25, 0.3) is 5.56 Å². The van der Waals surface area contributed by atoms with Crippen LogP contribution in [0.1, 0.15) is 19.2 Å². The summed E-state index contributed by atoms with van der Waals surface area (Å²) in [4.78, 5) is 50.2. The summed E-state index contributed by atoms with van der Waals surface area (Å²) in [5, 5.41) is 3.96. The SMILES string of the molecule is CCc1nc(-c2ccc(N3CCN(C(=O)CCn4ccc(=O)[nH]c4=O)CC3)nc2)no1. The number of aromatic amines is 1. The van der Waals surface area contributed by atoms with E-state index in [1.54, 1.807) is 11.1 Å². The molecular weight excluding hydrogens is 402 g/mol. The number of aryl methyl sites for hydroxylation is 2. The minimum Gasteiger partial charge on any atom is -0.353 e. The molecule has 3 aromatic heterocycles. The van der Waals surface area contributed by atoms with Crippen LogP contribution in [0.2, 0.25) is 0 Å². The van der Waals surface area contributed by atoms with Crippen molar-refractivity contribution in [1.82, 2.24) is 29.6 Å². The molecule has 0 bridgehead atoms. The zero-order valence-electron chi connectivity index (χ0n) is 17.2. The Morgan fingerprint density at radius 1 is 1.16 bits per heavy atom. The largest absolute Gasteiger partial charge is 0.353 e. The average Bonchev–Trinajstić information content (AvgIpc) is 3.28. The maximum Gasteiger partial charge on any atom is 0.328 e. The van der Waals surface area contributed by atoms with E-state index in [0.717, 1.165) is 11.4 Å². The van der Waals surface area contributed by atoms with Gasteiger partial charge in [0.2, 0.25) is 17.6 Å². The summed E-state index contributed by atoms with van der Waals surface area (Å²) in [5.41, 5.74) is -0.168. The van der Waals surface area contributed by atoms with E-state index in [2.05, 4.69) is 25.0 Å². The number of hydrogen-bond donors (Lipinski definition) is 1. The van der Waals surface area contributed by atoms with E-state index < -0.39 is 11.2 Å². The highest BCUT2D eigenvalue weighted by molar-refractivity contribution is 5.76. The number of aromatic nitrogens is 5.